The Bertz CT molecular complexity index is 790. The largest absolute Gasteiger partial charge is 0.445 e. The Labute approximate surface area is 154 Å². The molecule has 2 aliphatic rings. The SMILES string of the molecule is CC(C)c1nc2c(o1)CCN(C(=O)c1ccccc1CC1CCNC1)C2. The van der Waals surface area contributed by atoms with Gasteiger partial charge in [-0.3, -0.25) is 4.79 Å². The van der Waals surface area contributed by atoms with E-state index < -0.39 is 0 Å². The van der Waals surface area contributed by atoms with Crippen LogP contribution in [0.25, 0.3) is 0 Å². The summed E-state index contributed by atoms with van der Waals surface area (Å²) in [6.45, 7) is 7.52. The number of amides is 1. The molecule has 1 atom stereocenters. The van der Waals surface area contributed by atoms with Gasteiger partial charge in [0.15, 0.2) is 5.89 Å². The molecule has 1 fully saturated rings. The number of hydrogen-bond donors (Lipinski definition) is 1. The number of benzene rings is 1. The van der Waals surface area contributed by atoms with Gasteiger partial charge in [-0.05, 0) is 43.5 Å². The second-order valence-electron chi connectivity index (χ2n) is 7.77. The molecule has 0 spiro atoms. The normalized spacial score (nSPS) is 19.8. The van der Waals surface area contributed by atoms with Crippen molar-refractivity contribution in [2.75, 3.05) is 19.6 Å². The van der Waals surface area contributed by atoms with Gasteiger partial charge in [0.05, 0.1) is 6.54 Å². The van der Waals surface area contributed by atoms with Crippen LogP contribution in [0.15, 0.2) is 28.7 Å². The predicted molar refractivity (Wildman–Crippen MR) is 100 cm³/mol. The van der Waals surface area contributed by atoms with Gasteiger partial charge in [-0.25, -0.2) is 4.98 Å². The predicted octanol–water partition coefficient (Wildman–Crippen LogP) is 3.15. The lowest BCUT2D eigenvalue weighted by Crippen LogP contribution is -2.36. The van der Waals surface area contributed by atoms with E-state index in [4.69, 9.17) is 4.42 Å². The summed E-state index contributed by atoms with van der Waals surface area (Å²) in [4.78, 5) is 19.7. The number of aromatic nitrogens is 1. The highest BCUT2D eigenvalue weighted by Crippen LogP contribution is 2.26. The van der Waals surface area contributed by atoms with E-state index in [1.54, 1.807) is 0 Å². The Balaban J connectivity index is 1.52. The van der Waals surface area contributed by atoms with Crippen molar-refractivity contribution in [3.63, 3.8) is 0 Å². The lowest BCUT2D eigenvalue weighted by molar-refractivity contribution is 0.0726. The van der Waals surface area contributed by atoms with Gasteiger partial charge in [-0.15, -0.1) is 0 Å². The van der Waals surface area contributed by atoms with Gasteiger partial charge < -0.3 is 14.6 Å². The van der Waals surface area contributed by atoms with Crippen LogP contribution in [0.3, 0.4) is 0 Å². The molecular weight excluding hydrogens is 326 g/mol. The molecule has 1 aromatic heterocycles. The number of nitrogens with one attached hydrogen (secondary N) is 1. The third-order valence-corrected chi connectivity index (χ3v) is 5.44. The van der Waals surface area contributed by atoms with Crippen molar-refractivity contribution in [2.24, 2.45) is 5.92 Å². The lowest BCUT2D eigenvalue weighted by atomic mass is 9.94. The van der Waals surface area contributed by atoms with Gasteiger partial charge in [0, 0.05) is 24.4 Å². The highest BCUT2D eigenvalue weighted by molar-refractivity contribution is 5.95. The van der Waals surface area contributed by atoms with Crippen molar-refractivity contribution in [2.45, 2.75) is 45.6 Å². The number of rotatable bonds is 4. The van der Waals surface area contributed by atoms with Crippen molar-refractivity contribution in [1.29, 1.82) is 0 Å². The first-order valence-electron chi connectivity index (χ1n) is 9.68. The standard InChI is InChI=1S/C21H27N3O2/c1-14(2)20-23-18-13-24(10-8-19(18)26-20)21(25)17-6-4-3-5-16(17)11-15-7-9-22-12-15/h3-6,14-15,22H,7-13H2,1-2H3. The zero-order chi connectivity index (χ0) is 18.1. The number of nitrogens with zero attached hydrogens (tertiary/aromatic N) is 2. The lowest BCUT2D eigenvalue weighted by Gasteiger charge is -2.26. The van der Waals surface area contributed by atoms with E-state index in [1.165, 1.54) is 12.0 Å². The summed E-state index contributed by atoms with van der Waals surface area (Å²) in [5.41, 5.74) is 2.93. The number of oxazole rings is 1. The topological polar surface area (TPSA) is 58.4 Å². The molecule has 1 aromatic carbocycles. The fraction of sp³-hybridized carbons (Fsp3) is 0.524. The summed E-state index contributed by atoms with van der Waals surface area (Å²) in [5.74, 6) is 2.74. The van der Waals surface area contributed by atoms with Gasteiger partial charge in [-0.2, -0.15) is 0 Å². The quantitative estimate of drug-likeness (QED) is 0.917. The van der Waals surface area contributed by atoms with Crippen LogP contribution in [-0.4, -0.2) is 35.4 Å². The Morgan fingerprint density at radius 1 is 1.38 bits per heavy atom. The van der Waals surface area contributed by atoms with E-state index in [-0.39, 0.29) is 11.8 Å². The number of hydrogen-bond acceptors (Lipinski definition) is 4. The molecule has 0 bridgehead atoms. The summed E-state index contributed by atoms with van der Waals surface area (Å²) < 4.78 is 5.86. The van der Waals surface area contributed by atoms with Crippen molar-refractivity contribution in [1.82, 2.24) is 15.2 Å². The highest BCUT2D eigenvalue weighted by atomic mass is 16.4. The first-order chi connectivity index (χ1) is 12.6. The van der Waals surface area contributed by atoms with Crippen LogP contribution in [0, 0.1) is 5.92 Å². The molecule has 5 nitrogen and oxygen atoms in total. The van der Waals surface area contributed by atoms with Crippen LogP contribution in [0.2, 0.25) is 0 Å². The van der Waals surface area contributed by atoms with Crippen LogP contribution in [0.1, 0.15) is 59.5 Å². The average Bonchev–Trinajstić information content (AvgIpc) is 3.30. The summed E-state index contributed by atoms with van der Waals surface area (Å²) in [6, 6.07) is 8.08. The molecule has 0 radical (unpaired) electrons. The Morgan fingerprint density at radius 2 is 2.23 bits per heavy atom. The number of carbonyl (C=O) groups excluding carboxylic acids is 1. The minimum absolute atomic E-state index is 0.117. The molecule has 2 aliphatic heterocycles. The molecule has 138 valence electrons. The molecule has 1 unspecified atom stereocenters. The van der Waals surface area contributed by atoms with Gasteiger partial charge >= 0.3 is 0 Å². The van der Waals surface area contributed by atoms with Crippen molar-refractivity contribution in [3.8, 4) is 0 Å². The molecular formula is C21H27N3O2. The van der Waals surface area contributed by atoms with E-state index >= 15 is 0 Å². The van der Waals surface area contributed by atoms with Gasteiger partial charge in [0.1, 0.15) is 11.5 Å². The monoisotopic (exact) mass is 353 g/mol. The van der Waals surface area contributed by atoms with Gasteiger partial charge in [-0.1, -0.05) is 32.0 Å². The maximum Gasteiger partial charge on any atom is 0.254 e. The number of carbonyl (C=O) groups is 1. The fourth-order valence-corrected chi connectivity index (χ4v) is 3.92. The molecule has 0 saturated carbocycles. The second-order valence-corrected chi connectivity index (χ2v) is 7.77. The molecule has 1 saturated heterocycles. The third-order valence-electron chi connectivity index (χ3n) is 5.44. The van der Waals surface area contributed by atoms with E-state index in [9.17, 15) is 4.79 Å². The first-order valence-corrected chi connectivity index (χ1v) is 9.68. The van der Waals surface area contributed by atoms with Crippen LogP contribution < -0.4 is 5.32 Å². The molecule has 4 rings (SSSR count). The van der Waals surface area contributed by atoms with Crippen molar-refractivity contribution >= 4 is 5.91 Å². The van der Waals surface area contributed by atoms with E-state index in [1.807, 2.05) is 23.1 Å². The Hall–Kier alpha value is -2.14. The zero-order valence-electron chi connectivity index (χ0n) is 15.6. The smallest absolute Gasteiger partial charge is 0.254 e. The van der Waals surface area contributed by atoms with Crippen LogP contribution in [0.4, 0.5) is 0 Å². The molecule has 5 heteroatoms. The van der Waals surface area contributed by atoms with E-state index in [2.05, 4.69) is 30.2 Å². The minimum Gasteiger partial charge on any atom is -0.445 e. The molecule has 3 heterocycles. The summed E-state index contributed by atoms with van der Waals surface area (Å²) in [6.07, 6.45) is 2.90. The van der Waals surface area contributed by atoms with Crippen LogP contribution in [0.5, 0.6) is 0 Å². The summed E-state index contributed by atoms with van der Waals surface area (Å²) in [7, 11) is 0. The Morgan fingerprint density at radius 3 is 3.00 bits per heavy atom. The fourth-order valence-electron chi connectivity index (χ4n) is 3.92. The molecule has 1 amide bonds. The third kappa shape index (κ3) is 3.40. The van der Waals surface area contributed by atoms with E-state index in [0.29, 0.717) is 19.0 Å². The van der Waals surface area contributed by atoms with Crippen molar-refractivity contribution < 1.29 is 9.21 Å². The molecule has 2 aromatic rings. The summed E-state index contributed by atoms with van der Waals surface area (Å²) >= 11 is 0. The second kappa shape index (κ2) is 7.23. The number of fused-ring (bicyclic) bond motifs is 1. The van der Waals surface area contributed by atoms with Gasteiger partial charge in [0.25, 0.3) is 5.91 Å². The maximum atomic E-state index is 13.2. The van der Waals surface area contributed by atoms with Gasteiger partial charge in [0.2, 0.25) is 0 Å². The summed E-state index contributed by atoms with van der Waals surface area (Å²) in [5, 5.41) is 3.41. The zero-order valence-corrected chi connectivity index (χ0v) is 15.6. The van der Waals surface area contributed by atoms with Crippen LogP contribution in [-0.2, 0) is 19.4 Å². The molecule has 0 aliphatic carbocycles. The van der Waals surface area contributed by atoms with Crippen molar-refractivity contribution in [3.05, 3.63) is 52.7 Å². The Kier molecular flexibility index (Phi) is 4.81. The maximum absolute atomic E-state index is 13.2. The van der Waals surface area contributed by atoms with E-state index in [0.717, 1.165) is 48.8 Å². The molecule has 1 N–H and O–H groups in total. The first kappa shape index (κ1) is 17.3. The highest BCUT2D eigenvalue weighted by Gasteiger charge is 2.28. The minimum atomic E-state index is 0.117. The molecule has 26 heavy (non-hydrogen) atoms. The average molecular weight is 353 g/mol. The van der Waals surface area contributed by atoms with Crippen LogP contribution >= 0.6 is 0 Å².